The second kappa shape index (κ2) is 7.36. The van der Waals surface area contributed by atoms with Gasteiger partial charge >= 0.3 is 6.18 Å². The lowest BCUT2D eigenvalue weighted by molar-refractivity contribution is -0.137. The summed E-state index contributed by atoms with van der Waals surface area (Å²) >= 11 is 0. The Hall–Kier alpha value is -3.43. The van der Waals surface area contributed by atoms with Crippen molar-refractivity contribution in [3.8, 4) is 17.3 Å². The van der Waals surface area contributed by atoms with E-state index in [2.05, 4.69) is 15.0 Å². The molecule has 0 spiro atoms. The highest BCUT2D eigenvalue weighted by molar-refractivity contribution is 5.98. The van der Waals surface area contributed by atoms with E-state index in [0.717, 1.165) is 18.7 Å². The lowest BCUT2D eigenvalue weighted by Gasteiger charge is -2.33. The minimum absolute atomic E-state index is 0.108. The summed E-state index contributed by atoms with van der Waals surface area (Å²) in [6.07, 6.45) is 1.89. The van der Waals surface area contributed by atoms with E-state index >= 15 is 0 Å². The van der Waals surface area contributed by atoms with Crippen molar-refractivity contribution >= 4 is 5.91 Å². The molecule has 10 heteroatoms. The van der Waals surface area contributed by atoms with Crippen LogP contribution in [0.25, 0.3) is 11.5 Å². The first-order valence-corrected chi connectivity index (χ1v) is 9.76. The highest BCUT2D eigenvalue weighted by Gasteiger charge is 2.49. The normalized spacial score (nSPS) is 22.7. The molecule has 1 aliphatic heterocycles. The molecule has 1 saturated carbocycles. The van der Waals surface area contributed by atoms with E-state index in [1.165, 1.54) is 24.7 Å². The van der Waals surface area contributed by atoms with Gasteiger partial charge in [-0.3, -0.25) is 9.78 Å². The largest absolute Gasteiger partial charge is 0.472 e. The summed E-state index contributed by atoms with van der Waals surface area (Å²) in [5.74, 6) is 0.413. The Morgan fingerprint density at radius 2 is 2.00 bits per heavy atom. The van der Waals surface area contributed by atoms with Crippen LogP contribution in [0.4, 0.5) is 13.2 Å². The number of piperidine rings is 1. The molecule has 3 aromatic rings. The van der Waals surface area contributed by atoms with Gasteiger partial charge < -0.3 is 14.1 Å². The number of hydrogen-bond donors (Lipinski definition) is 0. The van der Waals surface area contributed by atoms with Crippen LogP contribution in [0, 0.1) is 5.92 Å². The lowest BCUT2D eigenvalue weighted by atomic mass is 10.1. The van der Waals surface area contributed by atoms with E-state index in [1.807, 2.05) is 0 Å². The third-order valence-electron chi connectivity index (χ3n) is 5.69. The predicted molar refractivity (Wildman–Crippen MR) is 101 cm³/mol. The maximum Gasteiger partial charge on any atom is 0.417 e. The van der Waals surface area contributed by atoms with Gasteiger partial charge in [-0.2, -0.15) is 13.2 Å². The van der Waals surface area contributed by atoms with Crippen molar-refractivity contribution in [2.75, 3.05) is 6.54 Å². The molecule has 1 amide bonds. The molecular formula is C21H17F3N4O3. The molecule has 2 bridgehead atoms. The van der Waals surface area contributed by atoms with Gasteiger partial charge in [0.05, 0.1) is 23.4 Å². The molecule has 31 heavy (non-hydrogen) atoms. The van der Waals surface area contributed by atoms with Crippen LogP contribution >= 0.6 is 0 Å². The first-order valence-electron chi connectivity index (χ1n) is 9.76. The number of oxazole rings is 1. The number of nitrogens with zero attached hydrogens (tertiary/aromatic N) is 4. The molecular weight excluding hydrogens is 413 g/mol. The smallest absolute Gasteiger partial charge is 0.417 e. The number of halogens is 3. The number of hydrogen-bond acceptors (Lipinski definition) is 6. The molecule has 3 atom stereocenters. The van der Waals surface area contributed by atoms with Crippen LogP contribution in [0.5, 0.6) is 5.88 Å². The fraction of sp³-hybridized carbons (Fsp3) is 0.333. The maximum atomic E-state index is 13.3. The molecule has 0 N–H and O–H groups in total. The average molecular weight is 430 g/mol. The fourth-order valence-electron chi connectivity index (χ4n) is 4.34. The van der Waals surface area contributed by atoms with Crippen LogP contribution in [0.15, 0.2) is 53.5 Å². The number of pyridine rings is 2. The summed E-state index contributed by atoms with van der Waals surface area (Å²) in [7, 11) is 0. The Labute approximate surface area is 174 Å². The Morgan fingerprint density at radius 3 is 2.68 bits per heavy atom. The van der Waals surface area contributed by atoms with E-state index in [-0.39, 0.29) is 35.5 Å². The Balaban J connectivity index is 1.35. The van der Waals surface area contributed by atoms with Crippen molar-refractivity contribution in [1.82, 2.24) is 19.9 Å². The zero-order valence-corrected chi connectivity index (χ0v) is 16.1. The molecule has 0 aromatic carbocycles. The minimum Gasteiger partial charge on any atom is -0.472 e. The highest BCUT2D eigenvalue weighted by Crippen LogP contribution is 2.41. The quantitative estimate of drug-likeness (QED) is 0.626. The van der Waals surface area contributed by atoms with Gasteiger partial charge in [0.1, 0.15) is 18.1 Å². The van der Waals surface area contributed by atoms with Gasteiger partial charge in [-0.05, 0) is 37.0 Å². The summed E-state index contributed by atoms with van der Waals surface area (Å²) in [6.45, 7) is 0.575. The molecule has 1 aliphatic carbocycles. The first-order chi connectivity index (χ1) is 14.9. The number of ether oxygens (including phenoxy) is 1. The minimum atomic E-state index is -4.45. The number of aromatic nitrogens is 3. The molecule has 0 radical (unpaired) electrons. The lowest BCUT2D eigenvalue weighted by Crippen LogP contribution is -2.47. The van der Waals surface area contributed by atoms with Gasteiger partial charge in [0, 0.05) is 25.0 Å². The third kappa shape index (κ3) is 3.62. The maximum absolute atomic E-state index is 13.3. The van der Waals surface area contributed by atoms with Crippen molar-refractivity contribution < 1.29 is 27.1 Å². The van der Waals surface area contributed by atoms with E-state index in [4.69, 9.17) is 9.15 Å². The highest BCUT2D eigenvalue weighted by atomic mass is 19.4. The number of fused-ring (bicyclic) bond motifs is 2. The van der Waals surface area contributed by atoms with Crippen LogP contribution in [0.3, 0.4) is 0 Å². The summed E-state index contributed by atoms with van der Waals surface area (Å²) in [6, 6.07) is 5.37. The molecule has 7 nitrogen and oxygen atoms in total. The number of likely N-dealkylation sites (tertiary alicyclic amines) is 1. The van der Waals surface area contributed by atoms with Crippen molar-refractivity contribution in [3.63, 3.8) is 0 Å². The number of rotatable bonds is 4. The third-order valence-corrected chi connectivity index (χ3v) is 5.69. The molecule has 2 fully saturated rings. The fourth-order valence-corrected chi connectivity index (χ4v) is 4.34. The molecule has 2 aliphatic rings. The van der Waals surface area contributed by atoms with E-state index in [1.54, 1.807) is 17.0 Å². The monoisotopic (exact) mass is 430 g/mol. The first kappa shape index (κ1) is 19.5. The van der Waals surface area contributed by atoms with E-state index in [9.17, 15) is 18.0 Å². The van der Waals surface area contributed by atoms with Gasteiger partial charge in [-0.1, -0.05) is 0 Å². The number of alkyl halides is 3. The van der Waals surface area contributed by atoms with Gasteiger partial charge in [-0.25, -0.2) is 9.97 Å². The van der Waals surface area contributed by atoms with E-state index < -0.39 is 11.7 Å². The number of carbonyl (C=O) groups is 1. The van der Waals surface area contributed by atoms with Crippen LogP contribution in [0.2, 0.25) is 0 Å². The second-order valence-corrected chi connectivity index (χ2v) is 7.64. The van der Waals surface area contributed by atoms with Crippen LogP contribution in [-0.2, 0) is 6.18 Å². The SMILES string of the molecule is O=C(c1ncccc1-c1ncco1)N1CC2CC(Oc3ccc(C(F)(F)F)cn3)C1C2. The summed E-state index contributed by atoms with van der Waals surface area (Å²) in [5.41, 5.74) is -0.0927. The molecule has 5 rings (SSSR count). The predicted octanol–water partition coefficient (Wildman–Crippen LogP) is 3.83. The van der Waals surface area contributed by atoms with Crippen LogP contribution in [0.1, 0.15) is 28.9 Å². The van der Waals surface area contributed by atoms with Gasteiger partial charge in [0.2, 0.25) is 11.8 Å². The van der Waals surface area contributed by atoms with Gasteiger partial charge in [0.25, 0.3) is 5.91 Å². The van der Waals surface area contributed by atoms with Crippen molar-refractivity contribution in [2.24, 2.45) is 5.92 Å². The molecule has 4 heterocycles. The Bertz CT molecular complexity index is 1090. The Kier molecular flexibility index (Phi) is 4.64. The topological polar surface area (TPSA) is 81.4 Å². The summed E-state index contributed by atoms with van der Waals surface area (Å²) in [4.78, 5) is 27.2. The van der Waals surface area contributed by atoms with E-state index in [0.29, 0.717) is 24.4 Å². The van der Waals surface area contributed by atoms with Crippen LogP contribution < -0.4 is 4.74 Å². The average Bonchev–Trinajstić information content (AvgIpc) is 3.50. The Morgan fingerprint density at radius 1 is 1.13 bits per heavy atom. The standard InChI is InChI=1S/C21H17F3N4O3/c22-21(23,24)13-3-4-17(27-10-13)31-16-9-12-8-15(16)28(11-12)20(29)18-14(2-1-5-25-18)19-26-6-7-30-19/h1-7,10,12,15-16H,8-9,11H2. The van der Waals surface area contributed by atoms with Gasteiger partial charge in [-0.15, -0.1) is 0 Å². The zero-order valence-electron chi connectivity index (χ0n) is 16.1. The molecule has 1 saturated heterocycles. The second-order valence-electron chi connectivity index (χ2n) is 7.64. The van der Waals surface area contributed by atoms with Crippen molar-refractivity contribution in [3.05, 3.63) is 60.4 Å². The molecule has 160 valence electrons. The van der Waals surface area contributed by atoms with Gasteiger partial charge in [0.15, 0.2) is 0 Å². The van der Waals surface area contributed by atoms with Crippen molar-refractivity contribution in [1.29, 1.82) is 0 Å². The number of carbonyl (C=O) groups excluding carboxylic acids is 1. The zero-order chi connectivity index (χ0) is 21.6. The summed E-state index contributed by atoms with van der Waals surface area (Å²) < 4.78 is 49.4. The van der Waals surface area contributed by atoms with Crippen molar-refractivity contribution in [2.45, 2.75) is 31.2 Å². The summed E-state index contributed by atoms with van der Waals surface area (Å²) in [5, 5.41) is 0. The van der Waals surface area contributed by atoms with Crippen LogP contribution in [-0.4, -0.2) is 44.4 Å². The molecule has 3 unspecified atom stereocenters. The number of amides is 1. The molecule has 3 aromatic heterocycles.